The summed E-state index contributed by atoms with van der Waals surface area (Å²) in [6.07, 6.45) is 0.440. The summed E-state index contributed by atoms with van der Waals surface area (Å²) in [6.45, 7) is 16.1. The zero-order chi connectivity index (χ0) is 35.1. The lowest BCUT2D eigenvalue weighted by molar-refractivity contribution is -0.145. The van der Waals surface area contributed by atoms with E-state index in [4.69, 9.17) is 0 Å². The van der Waals surface area contributed by atoms with Gasteiger partial charge in [-0.3, -0.25) is 19.2 Å². The molecule has 1 saturated carbocycles. The fraction of sp³-hybridized carbons (Fsp3) is 0.676. The highest BCUT2D eigenvalue weighted by atomic mass is 32.1. The first-order chi connectivity index (χ1) is 21.6. The number of benzene rings is 1. The zero-order valence-electron chi connectivity index (χ0n) is 28.8. The molecule has 0 radical (unpaired) electrons. The highest BCUT2D eigenvalue weighted by Gasteiger charge is 2.70. The van der Waals surface area contributed by atoms with E-state index in [2.05, 4.69) is 39.2 Å². The molecule has 2 saturated heterocycles. The number of thiol groups is 1. The van der Waals surface area contributed by atoms with Gasteiger partial charge < -0.3 is 36.6 Å². The summed E-state index contributed by atoms with van der Waals surface area (Å²) in [7, 11) is 0. The molecule has 6 amide bonds. The minimum Gasteiger partial charge on any atom is -0.369 e. The van der Waals surface area contributed by atoms with Crippen LogP contribution >= 0.6 is 12.6 Å². The molecule has 12 nitrogen and oxygen atoms in total. The molecule has 7 atom stereocenters. The molecule has 47 heavy (non-hydrogen) atoms. The topological polar surface area (TPSA) is 169 Å². The average Bonchev–Trinajstić information content (AvgIpc) is 3.30. The van der Waals surface area contributed by atoms with Gasteiger partial charge in [-0.15, -0.1) is 12.6 Å². The Hall–Kier alpha value is -3.32. The number of nitrogens with one attached hydrogen (secondary N) is 5. The third kappa shape index (κ3) is 8.22. The minimum absolute atomic E-state index is 0.0341. The Bertz CT molecular complexity index is 1370. The van der Waals surface area contributed by atoms with Gasteiger partial charge in [0.2, 0.25) is 22.7 Å². The second-order valence-corrected chi connectivity index (χ2v) is 16.7. The number of fused-ring (bicyclic) bond motifs is 1. The van der Waals surface area contributed by atoms with Crippen LogP contribution in [-0.4, -0.2) is 81.4 Å². The first-order valence-corrected chi connectivity index (χ1v) is 16.8. The lowest BCUT2D eigenvalue weighted by atomic mass is 9.85. The van der Waals surface area contributed by atoms with Crippen molar-refractivity contribution in [3.63, 3.8) is 0 Å². The van der Waals surface area contributed by atoms with Gasteiger partial charge in [-0.2, -0.15) is 0 Å². The molecule has 2 aliphatic heterocycles. The summed E-state index contributed by atoms with van der Waals surface area (Å²) in [5.41, 5.74) is -0.630. The number of carbonyl (C=O) groups is 5. The normalized spacial score (nSPS) is 25.8. The summed E-state index contributed by atoms with van der Waals surface area (Å²) in [6, 6.07) is 5.55. The Morgan fingerprint density at radius 3 is 2.26 bits per heavy atom. The first kappa shape index (κ1) is 36.5. The molecular weight excluding hydrogens is 620 g/mol. The monoisotopic (exact) mass is 672 g/mol. The molecule has 6 N–H and O–H groups in total. The summed E-state index contributed by atoms with van der Waals surface area (Å²) in [4.78, 5) is 66.5. The van der Waals surface area contributed by atoms with Crippen molar-refractivity contribution in [3.8, 4) is 0 Å². The third-order valence-corrected chi connectivity index (χ3v) is 10.3. The van der Waals surface area contributed by atoms with E-state index in [-0.39, 0.29) is 36.1 Å². The summed E-state index contributed by atoms with van der Waals surface area (Å²) >= 11 is 4.38. The van der Waals surface area contributed by atoms with Crippen LogP contribution in [0, 0.1) is 28.6 Å². The smallest absolute Gasteiger partial charge is 0.315 e. The van der Waals surface area contributed by atoms with Crippen LogP contribution in [0.1, 0.15) is 73.8 Å². The third-order valence-electron chi connectivity index (χ3n) is 9.75. The number of carbonyl (C=O) groups excluding carboxylic acids is 5. The lowest BCUT2D eigenvalue weighted by Gasteiger charge is -2.39. The Balaban J connectivity index is 1.59. The molecule has 0 bridgehead atoms. The standard InChI is InChI=1S/C34H52N6O6S/c1-31(2,3)25(38-30(45)39-32(4,5)6)28(43)40-18-21-23(33(21,7)8)24(40)27(42)37-22(16-20-14-15-35-26(20)41)34(46,47)29(44)36-17-19-12-10-9-11-13-19/h9-13,20-25,46-47H,14-18H2,1-8H3,(H,35,41)(H,36,44)(H,37,42)(H2,38,39,45)/t20-,21-,22-,23-,24-,25+,34-/m0/s1. The zero-order valence-corrected chi connectivity index (χ0v) is 29.7. The van der Waals surface area contributed by atoms with Gasteiger partial charge in [-0.25, -0.2) is 4.79 Å². The fourth-order valence-electron chi connectivity index (χ4n) is 6.94. The van der Waals surface area contributed by atoms with Crippen molar-refractivity contribution in [2.45, 2.75) is 103 Å². The van der Waals surface area contributed by atoms with E-state index >= 15 is 0 Å². The summed E-state index contributed by atoms with van der Waals surface area (Å²) in [5, 5.41) is 25.6. The van der Waals surface area contributed by atoms with Gasteiger partial charge in [-0.1, -0.05) is 65.0 Å². The average molecular weight is 673 g/mol. The number of nitrogens with zero attached hydrogens (tertiary/aromatic N) is 1. The van der Waals surface area contributed by atoms with Crippen LogP contribution in [0.2, 0.25) is 0 Å². The Morgan fingerprint density at radius 2 is 1.70 bits per heavy atom. The molecule has 0 spiro atoms. The number of hydrogen-bond acceptors (Lipinski definition) is 7. The maximum absolute atomic E-state index is 14.3. The second-order valence-electron chi connectivity index (χ2n) is 16.0. The van der Waals surface area contributed by atoms with E-state index in [1.807, 2.05) is 85.7 Å². The predicted molar refractivity (Wildman–Crippen MR) is 181 cm³/mol. The van der Waals surface area contributed by atoms with Gasteiger partial charge in [0, 0.05) is 31.1 Å². The van der Waals surface area contributed by atoms with Gasteiger partial charge in [0.05, 0.1) is 6.04 Å². The van der Waals surface area contributed by atoms with Crippen molar-refractivity contribution in [1.29, 1.82) is 0 Å². The lowest BCUT2D eigenvalue weighted by Crippen LogP contribution is -2.64. The van der Waals surface area contributed by atoms with Crippen molar-refractivity contribution in [3.05, 3.63) is 35.9 Å². The van der Waals surface area contributed by atoms with Gasteiger partial charge in [0.1, 0.15) is 12.1 Å². The van der Waals surface area contributed by atoms with E-state index in [0.717, 1.165) is 5.56 Å². The maximum atomic E-state index is 14.3. The summed E-state index contributed by atoms with van der Waals surface area (Å²) < 4.78 is 0. The summed E-state index contributed by atoms with van der Waals surface area (Å²) in [5.74, 6) is -2.66. The first-order valence-electron chi connectivity index (χ1n) is 16.4. The number of aliphatic hydroxyl groups is 1. The number of likely N-dealkylation sites (tertiary alicyclic amines) is 1. The molecule has 4 rings (SSSR count). The van der Waals surface area contributed by atoms with Crippen LogP contribution < -0.4 is 26.6 Å². The van der Waals surface area contributed by atoms with Gasteiger partial charge in [0.25, 0.3) is 5.91 Å². The number of piperidine rings is 1. The fourth-order valence-corrected chi connectivity index (χ4v) is 7.19. The van der Waals surface area contributed by atoms with Crippen molar-refractivity contribution < 1.29 is 29.1 Å². The molecule has 0 aromatic heterocycles. The van der Waals surface area contributed by atoms with Crippen LogP contribution in [0.3, 0.4) is 0 Å². The highest BCUT2D eigenvalue weighted by Crippen LogP contribution is 2.65. The molecule has 2 heterocycles. The highest BCUT2D eigenvalue weighted by molar-refractivity contribution is 7.82. The van der Waals surface area contributed by atoms with E-state index in [1.165, 1.54) is 4.90 Å². The molecule has 3 fully saturated rings. The molecule has 3 aliphatic rings. The van der Waals surface area contributed by atoms with Crippen molar-refractivity contribution >= 4 is 42.3 Å². The van der Waals surface area contributed by atoms with Crippen LogP contribution in [0.5, 0.6) is 0 Å². The SMILES string of the molecule is CC(C)(C)NC(=O)N[C@H](C(=O)N1C[C@H]2[C@@H]([C@H]1C(=O)N[C@@H](C[C@@H]1CCNC1=O)[C@](O)(S)C(=O)NCc1ccccc1)C2(C)C)C(C)(C)C. The largest absolute Gasteiger partial charge is 0.369 e. The van der Waals surface area contributed by atoms with Crippen LogP contribution in [0.15, 0.2) is 30.3 Å². The van der Waals surface area contributed by atoms with E-state index in [1.54, 1.807) is 0 Å². The van der Waals surface area contributed by atoms with E-state index in [9.17, 15) is 29.1 Å². The van der Waals surface area contributed by atoms with E-state index in [0.29, 0.717) is 19.5 Å². The predicted octanol–water partition coefficient (Wildman–Crippen LogP) is 1.93. The molecule has 0 unspecified atom stereocenters. The van der Waals surface area contributed by atoms with Gasteiger partial charge in [0.15, 0.2) is 0 Å². The molecule has 1 aliphatic carbocycles. The Morgan fingerprint density at radius 1 is 1.06 bits per heavy atom. The number of rotatable bonds is 10. The molecule has 260 valence electrons. The van der Waals surface area contributed by atoms with Crippen LogP contribution in [-0.2, 0) is 25.7 Å². The van der Waals surface area contributed by atoms with Gasteiger partial charge in [-0.05, 0) is 61.8 Å². The number of urea groups is 1. The second kappa shape index (κ2) is 13.3. The number of amides is 6. The van der Waals surface area contributed by atoms with Crippen molar-refractivity contribution in [1.82, 2.24) is 31.5 Å². The number of hydrogen-bond donors (Lipinski definition) is 7. The molecule has 1 aromatic carbocycles. The van der Waals surface area contributed by atoms with Crippen molar-refractivity contribution in [2.75, 3.05) is 13.1 Å². The van der Waals surface area contributed by atoms with Crippen LogP contribution in [0.25, 0.3) is 0 Å². The quantitative estimate of drug-likeness (QED) is 0.148. The Kier molecular flexibility index (Phi) is 10.3. The molecule has 1 aromatic rings. The molecular formula is C34H52N6O6S. The Labute approximate surface area is 283 Å². The minimum atomic E-state index is -2.38. The van der Waals surface area contributed by atoms with Crippen LogP contribution in [0.4, 0.5) is 4.79 Å². The van der Waals surface area contributed by atoms with Gasteiger partial charge >= 0.3 is 6.03 Å². The van der Waals surface area contributed by atoms with Crippen molar-refractivity contribution in [2.24, 2.45) is 28.6 Å². The maximum Gasteiger partial charge on any atom is 0.315 e. The van der Waals surface area contributed by atoms with E-state index < -0.39 is 63.7 Å². The molecule has 13 heteroatoms.